The van der Waals surface area contributed by atoms with Gasteiger partial charge < -0.3 is 18.9 Å². The third kappa shape index (κ3) is 3.09. The Bertz CT molecular complexity index is 665. The summed E-state index contributed by atoms with van der Waals surface area (Å²) in [5.74, 6) is -2.28. The molecule has 0 unspecified atom stereocenters. The van der Waals surface area contributed by atoms with Gasteiger partial charge in [0.25, 0.3) is 0 Å². The predicted octanol–water partition coefficient (Wildman–Crippen LogP) is 2.91. The first-order valence-electron chi connectivity index (χ1n) is 9.15. The molecule has 3 rings (SSSR count). The Morgan fingerprint density at radius 2 is 2.08 bits per heavy atom. The quantitative estimate of drug-likeness (QED) is 0.436. The Labute approximate surface area is 154 Å². The van der Waals surface area contributed by atoms with E-state index in [1.54, 1.807) is 21.0 Å². The smallest absolute Gasteiger partial charge is 0.334 e. The molecule has 0 saturated carbocycles. The fourth-order valence-corrected chi connectivity index (χ4v) is 4.16. The Balaban J connectivity index is 2.04. The molecule has 144 valence electrons. The van der Waals surface area contributed by atoms with E-state index in [1.807, 2.05) is 19.9 Å². The van der Waals surface area contributed by atoms with E-state index in [1.165, 1.54) is 0 Å². The van der Waals surface area contributed by atoms with Crippen molar-refractivity contribution in [1.82, 2.24) is 0 Å². The van der Waals surface area contributed by atoms with E-state index in [0.717, 1.165) is 12.0 Å². The fraction of sp³-hybridized carbons (Fsp3) is 0.700. The van der Waals surface area contributed by atoms with Gasteiger partial charge in [0.1, 0.15) is 12.2 Å². The molecule has 2 saturated heterocycles. The molecule has 0 amide bonds. The second-order valence-electron chi connectivity index (χ2n) is 8.11. The molecule has 5 atom stereocenters. The van der Waals surface area contributed by atoms with E-state index in [0.29, 0.717) is 18.4 Å². The summed E-state index contributed by atoms with van der Waals surface area (Å²) in [6, 6.07) is 0. The fourth-order valence-electron chi connectivity index (χ4n) is 4.16. The van der Waals surface area contributed by atoms with Gasteiger partial charge in [0.2, 0.25) is 0 Å². The van der Waals surface area contributed by atoms with Crippen LogP contribution in [-0.4, -0.2) is 42.6 Å². The number of fused-ring (bicyclic) bond motifs is 3. The lowest BCUT2D eigenvalue weighted by Gasteiger charge is -2.34. The summed E-state index contributed by atoms with van der Waals surface area (Å²) in [6.45, 7) is 11.4. The molecule has 0 spiro atoms. The van der Waals surface area contributed by atoms with Crippen LogP contribution in [0, 0.1) is 11.8 Å². The van der Waals surface area contributed by atoms with Crippen molar-refractivity contribution in [3.8, 4) is 0 Å². The molecule has 0 aromatic carbocycles. The second kappa shape index (κ2) is 6.50. The number of carbonyl (C=O) groups excluding carboxylic acids is 2. The SMILES string of the molecule is C=C1C(=O)O[C@@H]2/C=C(/C)[C@@]3(OC)CC[C@@](C)(C[C@@H](OC(=O)C(C)C)[C@@H]12)O3. The summed E-state index contributed by atoms with van der Waals surface area (Å²) in [5, 5.41) is 0. The number of hydrogen-bond acceptors (Lipinski definition) is 6. The third-order valence-corrected chi connectivity index (χ3v) is 5.77. The third-order valence-electron chi connectivity index (χ3n) is 5.77. The first-order valence-corrected chi connectivity index (χ1v) is 9.15. The van der Waals surface area contributed by atoms with Gasteiger partial charge in [-0.2, -0.15) is 0 Å². The van der Waals surface area contributed by atoms with E-state index in [9.17, 15) is 9.59 Å². The van der Waals surface area contributed by atoms with Crippen LogP contribution in [-0.2, 0) is 28.5 Å². The molecule has 3 aliphatic heterocycles. The van der Waals surface area contributed by atoms with Crippen molar-refractivity contribution in [3.63, 3.8) is 0 Å². The highest BCUT2D eigenvalue weighted by Crippen LogP contribution is 2.49. The van der Waals surface area contributed by atoms with Gasteiger partial charge in [-0.25, -0.2) is 4.79 Å². The van der Waals surface area contributed by atoms with Crippen LogP contribution in [0.15, 0.2) is 23.8 Å². The highest BCUT2D eigenvalue weighted by atomic mass is 16.7. The maximum absolute atomic E-state index is 12.3. The molecule has 0 aromatic heterocycles. The van der Waals surface area contributed by atoms with Crippen molar-refractivity contribution >= 4 is 11.9 Å². The van der Waals surface area contributed by atoms with Crippen molar-refractivity contribution in [2.24, 2.45) is 11.8 Å². The van der Waals surface area contributed by atoms with Crippen molar-refractivity contribution in [2.75, 3.05) is 7.11 Å². The standard InChI is InChI=1S/C20H28O6/c1-11(2)17(21)25-15-10-19(5)7-8-20(23-6,26-19)12(3)9-14-16(15)13(4)18(22)24-14/h9,11,14-16H,4,7-8,10H2,1-3,5-6H3/b12-9-/t14-,15-,16+,19+,20-/m1/s1. The number of ether oxygens (including phenoxy) is 4. The van der Waals surface area contributed by atoms with Crippen LogP contribution < -0.4 is 0 Å². The van der Waals surface area contributed by atoms with E-state index < -0.39 is 35.5 Å². The second-order valence-corrected chi connectivity index (χ2v) is 8.11. The van der Waals surface area contributed by atoms with Crippen LogP contribution >= 0.6 is 0 Å². The zero-order valence-electron chi connectivity index (χ0n) is 16.2. The lowest BCUT2D eigenvalue weighted by molar-refractivity contribution is -0.218. The van der Waals surface area contributed by atoms with Crippen LogP contribution in [0.3, 0.4) is 0 Å². The molecule has 2 bridgehead atoms. The molecule has 0 aromatic rings. The van der Waals surface area contributed by atoms with Gasteiger partial charge >= 0.3 is 11.9 Å². The maximum atomic E-state index is 12.3. The normalized spacial score (nSPS) is 41.6. The number of carbonyl (C=O) groups is 2. The first kappa shape index (κ1) is 19.1. The average molecular weight is 364 g/mol. The predicted molar refractivity (Wildman–Crippen MR) is 94.1 cm³/mol. The number of rotatable bonds is 3. The molecule has 3 aliphatic rings. The van der Waals surface area contributed by atoms with Crippen LogP contribution in [0.1, 0.15) is 47.0 Å². The zero-order valence-corrected chi connectivity index (χ0v) is 16.2. The maximum Gasteiger partial charge on any atom is 0.334 e. The van der Waals surface area contributed by atoms with E-state index in [-0.39, 0.29) is 11.9 Å². The van der Waals surface area contributed by atoms with E-state index in [2.05, 4.69) is 6.58 Å². The summed E-state index contributed by atoms with van der Waals surface area (Å²) in [6.07, 6.45) is 2.68. The van der Waals surface area contributed by atoms with Gasteiger partial charge in [-0.15, -0.1) is 0 Å². The lowest BCUT2D eigenvalue weighted by Crippen LogP contribution is -2.41. The number of esters is 2. The van der Waals surface area contributed by atoms with Gasteiger partial charge in [0.05, 0.1) is 17.4 Å². The van der Waals surface area contributed by atoms with Gasteiger partial charge in [0.15, 0.2) is 5.79 Å². The molecule has 2 fully saturated rings. The van der Waals surface area contributed by atoms with Gasteiger partial charge in [-0.1, -0.05) is 20.4 Å². The topological polar surface area (TPSA) is 71.1 Å². The molecule has 0 N–H and O–H groups in total. The van der Waals surface area contributed by atoms with E-state index >= 15 is 0 Å². The summed E-state index contributed by atoms with van der Waals surface area (Å²) in [5.41, 5.74) is 0.666. The average Bonchev–Trinajstić information content (AvgIpc) is 3.05. The molecule has 0 aliphatic carbocycles. The lowest BCUT2D eigenvalue weighted by atomic mass is 9.81. The summed E-state index contributed by atoms with van der Waals surface area (Å²) < 4.78 is 23.4. The Kier molecular flexibility index (Phi) is 4.78. The minimum absolute atomic E-state index is 0.264. The molecule has 3 heterocycles. The highest BCUT2D eigenvalue weighted by Gasteiger charge is 2.55. The van der Waals surface area contributed by atoms with Crippen LogP contribution in [0.5, 0.6) is 0 Å². The molecule has 6 nitrogen and oxygen atoms in total. The zero-order chi connectivity index (χ0) is 19.3. The molecule has 26 heavy (non-hydrogen) atoms. The summed E-state index contributed by atoms with van der Waals surface area (Å²) in [4.78, 5) is 24.5. The van der Waals surface area contributed by atoms with Gasteiger partial charge in [-0.05, 0) is 31.9 Å². The minimum Gasteiger partial charge on any atom is -0.461 e. The first-order chi connectivity index (χ1) is 12.1. The van der Waals surface area contributed by atoms with Crippen LogP contribution in [0.4, 0.5) is 0 Å². The minimum atomic E-state index is -0.841. The Morgan fingerprint density at radius 1 is 1.38 bits per heavy atom. The molecular weight excluding hydrogens is 336 g/mol. The van der Waals surface area contributed by atoms with Gasteiger partial charge in [0, 0.05) is 25.5 Å². The summed E-state index contributed by atoms with van der Waals surface area (Å²) >= 11 is 0. The molecule has 0 radical (unpaired) electrons. The Morgan fingerprint density at radius 3 is 2.69 bits per heavy atom. The number of methoxy groups -OCH3 is 1. The highest BCUT2D eigenvalue weighted by molar-refractivity contribution is 5.91. The largest absolute Gasteiger partial charge is 0.461 e. The summed E-state index contributed by atoms with van der Waals surface area (Å²) in [7, 11) is 1.62. The van der Waals surface area contributed by atoms with Crippen LogP contribution in [0.25, 0.3) is 0 Å². The van der Waals surface area contributed by atoms with Crippen molar-refractivity contribution < 1.29 is 28.5 Å². The monoisotopic (exact) mass is 364 g/mol. The van der Waals surface area contributed by atoms with E-state index in [4.69, 9.17) is 18.9 Å². The Hall–Kier alpha value is -1.66. The van der Waals surface area contributed by atoms with Crippen molar-refractivity contribution in [3.05, 3.63) is 23.8 Å². The van der Waals surface area contributed by atoms with Gasteiger partial charge in [-0.3, -0.25) is 4.79 Å². The molecular formula is C20H28O6. The number of hydrogen-bond donors (Lipinski definition) is 0. The van der Waals surface area contributed by atoms with Crippen LogP contribution in [0.2, 0.25) is 0 Å². The van der Waals surface area contributed by atoms with Crippen molar-refractivity contribution in [1.29, 1.82) is 0 Å². The van der Waals surface area contributed by atoms with Crippen molar-refractivity contribution in [2.45, 2.75) is 70.6 Å². The molecule has 6 heteroatoms.